The minimum atomic E-state index is -0.664. The van der Waals surface area contributed by atoms with E-state index in [4.69, 9.17) is 13.9 Å². The van der Waals surface area contributed by atoms with Crippen molar-refractivity contribution in [2.45, 2.75) is 20.0 Å². The number of furan rings is 1. The molecule has 4 rings (SSSR count). The molecule has 0 aliphatic carbocycles. The maximum Gasteiger partial charge on any atom is 0.330 e. The molecule has 0 atom stereocenters. The summed E-state index contributed by atoms with van der Waals surface area (Å²) in [5, 5.41) is 6.37. The zero-order chi connectivity index (χ0) is 24.9. The van der Waals surface area contributed by atoms with Gasteiger partial charge in [0.1, 0.15) is 28.6 Å². The highest BCUT2D eigenvalue weighted by molar-refractivity contribution is 6.14. The molecule has 4 aromatic rings. The highest BCUT2D eigenvalue weighted by Crippen LogP contribution is 2.30. The summed E-state index contributed by atoms with van der Waals surface area (Å²) in [6.45, 7) is 2.28. The predicted molar refractivity (Wildman–Crippen MR) is 132 cm³/mol. The Morgan fingerprint density at radius 2 is 1.89 bits per heavy atom. The number of amides is 1. The second-order valence-electron chi connectivity index (χ2n) is 7.82. The number of hydrogen-bond donors (Lipinski definition) is 3. The lowest BCUT2D eigenvalue weighted by Crippen LogP contribution is -2.36. The molecule has 35 heavy (non-hydrogen) atoms. The van der Waals surface area contributed by atoms with E-state index in [2.05, 4.69) is 15.6 Å². The number of carbonyl (C=O) groups excluding carboxylic acids is 1. The van der Waals surface area contributed by atoms with Gasteiger partial charge in [-0.25, -0.2) is 4.79 Å². The van der Waals surface area contributed by atoms with E-state index in [1.807, 2.05) is 30.3 Å². The second-order valence-corrected chi connectivity index (χ2v) is 7.82. The van der Waals surface area contributed by atoms with Crippen LogP contribution in [-0.2, 0) is 17.8 Å². The lowest BCUT2D eigenvalue weighted by Gasteiger charge is -2.18. The normalized spacial score (nSPS) is 10.9. The molecule has 0 aliphatic heterocycles. The van der Waals surface area contributed by atoms with Gasteiger partial charge in [0.25, 0.3) is 11.5 Å². The van der Waals surface area contributed by atoms with Gasteiger partial charge in [0.15, 0.2) is 0 Å². The first-order chi connectivity index (χ1) is 16.9. The molecule has 2 heterocycles. The summed E-state index contributed by atoms with van der Waals surface area (Å²) in [5.74, 6) is 0.452. The number of carbonyl (C=O) groups is 1. The molecule has 2 aromatic carbocycles. The lowest BCUT2D eigenvalue weighted by molar-refractivity contribution is 0.102. The zero-order valence-electron chi connectivity index (χ0n) is 19.6. The standard InChI is InChI=1S/C25H26N4O6/c1-15-20(18-13-17(34-3)9-10-19(18)35-15)23(30)27-22-21(26-14-16-7-5-4-6-8-16)24(31)28-25(32)29(22)11-12-33-2/h4-10,13,26H,11-12,14H2,1-3H3,(H,27,30)(H,28,31,32). The molecule has 3 N–H and O–H groups in total. The Morgan fingerprint density at radius 3 is 2.60 bits per heavy atom. The molecule has 0 aliphatic rings. The van der Waals surface area contributed by atoms with Crippen LogP contribution in [0, 0.1) is 6.92 Å². The number of ether oxygens (including phenoxy) is 2. The minimum Gasteiger partial charge on any atom is -0.497 e. The number of H-pyrrole nitrogens is 1. The van der Waals surface area contributed by atoms with Crippen LogP contribution in [0.5, 0.6) is 5.75 Å². The van der Waals surface area contributed by atoms with Gasteiger partial charge in [-0.1, -0.05) is 30.3 Å². The number of nitrogens with one attached hydrogen (secondary N) is 3. The number of hydrogen-bond acceptors (Lipinski definition) is 7. The van der Waals surface area contributed by atoms with Gasteiger partial charge >= 0.3 is 5.69 Å². The fourth-order valence-corrected chi connectivity index (χ4v) is 3.83. The maximum atomic E-state index is 13.5. The van der Waals surface area contributed by atoms with Crippen molar-refractivity contribution in [3.05, 3.63) is 86.3 Å². The summed E-state index contributed by atoms with van der Waals surface area (Å²) in [7, 11) is 3.03. The van der Waals surface area contributed by atoms with Crippen LogP contribution in [-0.4, -0.2) is 36.3 Å². The summed E-state index contributed by atoms with van der Waals surface area (Å²) in [4.78, 5) is 41.2. The summed E-state index contributed by atoms with van der Waals surface area (Å²) in [5.41, 5.74) is 0.453. The average molecular weight is 479 g/mol. The van der Waals surface area contributed by atoms with Crippen LogP contribution < -0.4 is 26.6 Å². The third-order valence-electron chi connectivity index (χ3n) is 5.56. The number of nitrogens with zero attached hydrogens (tertiary/aromatic N) is 1. The van der Waals surface area contributed by atoms with Gasteiger partial charge in [-0.05, 0) is 30.7 Å². The number of aromatic nitrogens is 2. The molecule has 0 spiro atoms. The predicted octanol–water partition coefficient (Wildman–Crippen LogP) is 3.11. The van der Waals surface area contributed by atoms with Gasteiger partial charge in [0.05, 0.1) is 25.8 Å². The highest BCUT2D eigenvalue weighted by Gasteiger charge is 2.23. The van der Waals surface area contributed by atoms with E-state index >= 15 is 0 Å². The molecule has 10 heteroatoms. The largest absolute Gasteiger partial charge is 0.497 e. The Morgan fingerprint density at radius 1 is 1.11 bits per heavy atom. The Kier molecular flexibility index (Phi) is 7.02. The van der Waals surface area contributed by atoms with Crippen LogP contribution in [0.1, 0.15) is 21.7 Å². The summed E-state index contributed by atoms with van der Waals surface area (Å²) < 4.78 is 17.4. The van der Waals surface area contributed by atoms with Crippen LogP contribution >= 0.6 is 0 Å². The van der Waals surface area contributed by atoms with E-state index < -0.39 is 17.2 Å². The first kappa shape index (κ1) is 23.8. The smallest absolute Gasteiger partial charge is 0.330 e. The minimum absolute atomic E-state index is 0.0355. The van der Waals surface area contributed by atoms with Crippen LogP contribution in [0.3, 0.4) is 0 Å². The Hall–Kier alpha value is -4.31. The van der Waals surface area contributed by atoms with Crippen molar-refractivity contribution in [1.29, 1.82) is 0 Å². The van der Waals surface area contributed by atoms with Crippen molar-refractivity contribution in [2.75, 3.05) is 31.5 Å². The van der Waals surface area contributed by atoms with Crippen LogP contribution in [0.25, 0.3) is 11.0 Å². The number of rotatable bonds is 9. The molecule has 182 valence electrons. The quantitative estimate of drug-likeness (QED) is 0.337. The molecule has 1 amide bonds. The number of fused-ring (bicyclic) bond motifs is 1. The van der Waals surface area contributed by atoms with E-state index in [9.17, 15) is 14.4 Å². The number of benzene rings is 2. The molecule has 0 fully saturated rings. The molecule has 0 radical (unpaired) electrons. The Labute approximate surface area is 200 Å². The lowest BCUT2D eigenvalue weighted by atomic mass is 10.1. The molecule has 0 unspecified atom stereocenters. The van der Waals surface area contributed by atoms with Crippen molar-refractivity contribution in [1.82, 2.24) is 9.55 Å². The first-order valence-electron chi connectivity index (χ1n) is 10.9. The fraction of sp³-hybridized carbons (Fsp3) is 0.240. The van der Waals surface area contributed by atoms with E-state index in [0.717, 1.165) is 5.56 Å². The molecule has 0 bridgehead atoms. The number of aryl methyl sites for hydroxylation is 1. The number of aromatic amines is 1. The van der Waals surface area contributed by atoms with Crippen molar-refractivity contribution < 1.29 is 18.7 Å². The first-order valence-corrected chi connectivity index (χ1v) is 10.9. The van der Waals surface area contributed by atoms with E-state index in [0.29, 0.717) is 29.0 Å². The van der Waals surface area contributed by atoms with Crippen LogP contribution in [0.15, 0.2) is 62.5 Å². The topological polar surface area (TPSA) is 128 Å². The third kappa shape index (κ3) is 4.97. The monoisotopic (exact) mass is 478 g/mol. The number of methoxy groups -OCH3 is 2. The van der Waals surface area contributed by atoms with E-state index in [1.165, 1.54) is 18.8 Å². The van der Waals surface area contributed by atoms with Crippen molar-refractivity contribution in [2.24, 2.45) is 0 Å². The Balaban J connectivity index is 1.78. The zero-order valence-corrected chi connectivity index (χ0v) is 19.6. The summed E-state index contributed by atoms with van der Waals surface area (Å²) in [6.07, 6.45) is 0. The van der Waals surface area contributed by atoms with Crippen LogP contribution in [0.4, 0.5) is 11.5 Å². The van der Waals surface area contributed by atoms with Crippen molar-refractivity contribution in [3.8, 4) is 5.75 Å². The third-order valence-corrected chi connectivity index (χ3v) is 5.56. The second kappa shape index (κ2) is 10.3. The molecule has 0 saturated carbocycles. The van der Waals surface area contributed by atoms with Crippen molar-refractivity contribution >= 4 is 28.4 Å². The van der Waals surface area contributed by atoms with E-state index in [-0.39, 0.29) is 30.2 Å². The van der Waals surface area contributed by atoms with Crippen molar-refractivity contribution in [3.63, 3.8) is 0 Å². The summed E-state index contributed by atoms with van der Waals surface area (Å²) >= 11 is 0. The SMILES string of the molecule is COCCn1c(NC(=O)c2c(C)oc3ccc(OC)cc23)c(NCc2ccccc2)c(=O)[nH]c1=O. The molecular formula is C25H26N4O6. The van der Waals surface area contributed by atoms with Gasteiger partial charge in [0.2, 0.25) is 0 Å². The molecule has 0 saturated heterocycles. The molecule has 10 nitrogen and oxygen atoms in total. The molecular weight excluding hydrogens is 452 g/mol. The average Bonchev–Trinajstić information content (AvgIpc) is 3.18. The molecule has 2 aromatic heterocycles. The van der Waals surface area contributed by atoms with Gasteiger partial charge < -0.3 is 24.5 Å². The highest BCUT2D eigenvalue weighted by atomic mass is 16.5. The summed E-state index contributed by atoms with van der Waals surface area (Å²) in [6, 6.07) is 14.6. The van der Waals surface area contributed by atoms with Gasteiger partial charge in [-0.2, -0.15) is 0 Å². The van der Waals surface area contributed by atoms with Crippen LogP contribution in [0.2, 0.25) is 0 Å². The van der Waals surface area contributed by atoms with E-state index in [1.54, 1.807) is 25.1 Å². The van der Waals surface area contributed by atoms with Gasteiger partial charge in [0, 0.05) is 19.0 Å². The fourth-order valence-electron chi connectivity index (χ4n) is 3.83. The van der Waals surface area contributed by atoms with Gasteiger partial charge in [-0.15, -0.1) is 0 Å². The maximum absolute atomic E-state index is 13.5. The van der Waals surface area contributed by atoms with Gasteiger partial charge in [-0.3, -0.25) is 19.1 Å². The Bertz CT molecular complexity index is 1470. The number of anilines is 2.